The Bertz CT molecular complexity index is 581. The van der Waals surface area contributed by atoms with Gasteiger partial charge < -0.3 is 5.11 Å². The summed E-state index contributed by atoms with van der Waals surface area (Å²) in [6.45, 7) is 0. The number of hydrogen-bond donors (Lipinski definition) is 1. The Kier molecular flexibility index (Phi) is 4.12. The second-order valence-corrected chi connectivity index (χ2v) is 4.47. The Morgan fingerprint density at radius 1 is 1.00 bits per heavy atom. The Balaban J connectivity index is 2.31. The SMILES string of the molecule is OC(Cc1c(F)cccc1Cl)c1cccc(F)c1F. The van der Waals surface area contributed by atoms with Crippen LogP contribution in [-0.2, 0) is 6.42 Å². The molecule has 0 aliphatic carbocycles. The fraction of sp³-hybridized carbons (Fsp3) is 0.143. The van der Waals surface area contributed by atoms with Crippen molar-refractivity contribution in [3.05, 3.63) is 70.0 Å². The molecule has 0 spiro atoms. The number of aliphatic hydroxyl groups excluding tert-OH is 1. The van der Waals surface area contributed by atoms with Gasteiger partial charge in [0.25, 0.3) is 0 Å². The first-order valence-electron chi connectivity index (χ1n) is 5.55. The zero-order valence-corrected chi connectivity index (χ0v) is 10.5. The summed E-state index contributed by atoms with van der Waals surface area (Å²) in [5.74, 6) is -2.79. The second kappa shape index (κ2) is 5.63. The van der Waals surface area contributed by atoms with E-state index >= 15 is 0 Å². The van der Waals surface area contributed by atoms with Gasteiger partial charge in [0.1, 0.15) is 5.82 Å². The van der Waals surface area contributed by atoms with Crippen LogP contribution in [0.25, 0.3) is 0 Å². The fourth-order valence-corrected chi connectivity index (χ4v) is 2.05. The smallest absolute Gasteiger partial charge is 0.164 e. The van der Waals surface area contributed by atoms with Crippen LogP contribution in [-0.4, -0.2) is 5.11 Å². The van der Waals surface area contributed by atoms with E-state index in [1.165, 1.54) is 30.3 Å². The van der Waals surface area contributed by atoms with E-state index in [0.717, 1.165) is 6.07 Å². The van der Waals surface area contributed by atoms with Crippen molar-refractivity contribution in [2.75, 3.05) is 0 Å². The highest BCUT2D eigenvalue weighted by atomic mass is 35.5. The van der Waals surface area contributed by atoms with Gasteiger partial charge in [-0.15, -0.1) is 0 Å². The molecule has 1 N–H and O–H groups in total. The van der Waals surface area contributed by atoms with Crippen LogP contribution in [0, 0.1) is 17.5 Å². The first-order chi connectivity index (χ1) is 9.00. The van der Waals surface area contributed by atoms with Crippen LogP contribution in [0.4, 0.5) is 13.2 Å². The van der Waals surface area contributed by atoms with Crippen LogP contribution in [0.2, 0.25) is 5.02 Å². The van der Waals surface area contributed by atoms with Crippen LogP contribution in [0.3, 0.4) is 0 Å². The maximum atomic E-state index is 13.5. The van der Waals surface area contributed by atoms with Gasteiger partial charge in [-0.1, -0.05) is 29.8 Å². The van der Waals surface area contributed by atoms with Crippen molar-refractivity contribution in [3.63, 3.8) is 0 Å². The zero-order chi connectivity index (χ0) is 14.0. The molecule has 2 aromatic carbocycles. The Morgan fingerprint density at radius 3 is 2.32 bits per heavy atom. The summed E-state index contributed by atoms with van der Waals surface area (Å²) in [6.07, 6.45) is -1.60. The summed E-state index contributed by atoms with van der Waals surface area (Å²) >= 11 is 5.81. The summed E-state index contributed by atoms with van der Waals surface area (Å²) in [7, 11) is 0. The number of hydrogen-bond acceptors (Lipinski definition) is 1. The molecular weight excluding hydrogens is 277 g/mol. The Labute approximate surface area is 113 Å². The van der Waals surface area contributed by atoms with Gasteiger partial charge in [-0.05, 0) is 18.2 Å². The molecule has 19 heavy (non-hydrogen) atoms. The molecule has 0 amide bonds. The van der Waals surface area contributed by atoms with Gasteiger partial charge in [0.15, 0.2) is 11.6 Å². The van der Waals surface area contributed by atoms with Gasteiger partial charge in [-0.25, -0.2) is 13.2 Å². The predicted octanol–water partition coefficient (Wildman–Crippen LogP) is 4.03. The molecule has 2 aromatic rings. The van der Waals surface area contributed by atoms with Gasteiger partial charge in [-0.2, -0.15) is 0 Å². The van der Waals surface area contributed by atoms with Crippen molar-refractivity contribution in [1.29, 1.82) is 0 Å². The van der Waals surface area contributed by atoms with Crippen molar-refractivity contribution in [1.82, 2.24) is 0 Å². The molecule has 1 nitrogen and oxygen atoms in total. The van der Waals surface area contributed by atoms with Gasteiger partial charge in [-0.3, -0.25) is 0 Å². The third-order valence-corrected chi connectivity index (χ3v) is 3.15. The third-order valence-electron chi connectivity index (χ3n) is 2.80. The largest absolute Gasteiger partial charge is 0.388 e. The molecule has 0 saturated heterocycles. The normalized spacial score (nSPS) is 12.5. The summed E-state index contributed by atoms with van der Waals surface area (Å²) in [4.78, 5) is 0. The summed E-state index contributed by atoms with van der Waals surface area (Å²) < 4.78 is 40.1. The molecule has 0 bridgehead atoms. The van der Waals surface area contributed by atoms with E-state index in [9.17, 15) is 18.3 Å². The van der Waals surface area contributed by atoms with E-state index in [2.05, 4.69) is 0 Å². The maximum absolute atomic E-state index is 13.5. The maximum Gasteiger partial charge on any atom is 0.164 e. The molecule has 0 heterocycles. The first kappa shape index (κ1) is 13.9. The Hall–Kier alpha value is -1.52. The van der Waals surface area contributed by atoms with E-state index in [1.807, 2.05) is 0 Å². The molecule has 0 aliphatic heterocycles. The van der Waals surface area contributed by atoms with Crippen LogP contribution < -0.4 is 0 Å². The minimum absolute atomic E-state index is 0.0697. The second-order valence-electron chi connectivity index (χ2n) is 4.06. The highest BCUT2D eigenvalue weighted by molar-refractivity contribution is 6.31. The van der Waals surface area contributed by atoms with Crippen molar-refractivity contribution in [2.24, 2.45) is 0 Å². The lowest BCUT2D eigenvalue weighted by Crippen LogP contribution is -2.07. The number of rotatable bonds is 3. The highest BCUT2D eigenvalue weighted by Gasteiger charge is 2.19. The molecule has 0 aromatic heterocycles. The number of halogens is 4. The van der Waals surface area contributed by atoms with E-state index in [1.54, 1.807) is 0 Å². The topological polar surface area (TPSA) is 20.2 Å². The fourth-order valence-electron chi connectivity index (χ4n) is 1.81. The van der Waals surface area contributed by atoms with Gasteiger partial charge in [0.05, 0.1) is 6.10 Å². The van der Waals surface area contributed by atoms with E-state index in [-0.39, 0.29) is 22.6 Å². The molecule has 0 radical (unpaired) electrons. The summed E-state index contributed by atoms with van der Waals surface area (Å²) in [5, 5.41) is 10.0. The summed E-state index contributed by atoms with van der Waals surface area (Å²) in [6, 6.07) is 7.56. The van der Waals surface area contributed by atoms with Crippen molar-refractivity contribution >= 4 is 11.6 Å². The average molecular weight is 287 g/mol. The molecule has 5 heteroatoms. The van der Waals surface area contributed by atoms with Crippen LogP contribution >= 0.6 is 11.6 Å². The van der Waals surface area contributed by atoms with E-state index < -0.39 is 23.6 Å². The molecule has 100 valence electrons. The minimum atomic E-state index is -1.37. The van der Waals surface area contributed by atoms with Gasteiger partial charge in [0, 0.05) is 22.6 Å². The summed E-state index contributed by atoms with van der Waals surface area (Å²) in [5.41, 5.74) is -0.153. The van der Waals surface area contributed by atoms with Crippen LogP contribution in [0.1, 0.15) is 17.2 Å². The van der Waals surface area contributed by atoms with Gasteiger partial charge >= 0.3 is 0 Å². The molecule has 0 aliphatic rings. The lowest BCUT2D eigenvalue weighted by Gasteiger charge is -2.13. The molecular formula is C14H10ClF3O. The zero-order valence-electron chi connectivity index (χ0n) is 9.71. The monoisotopic (exact) mass is 286 g/mol. The van der Waals surface area contributed by atoms with Crippen LogP contribution in [0.15, 0.2) is 36.4 Å². The molecule has 0 saturated carbocycles. The van der Waals surface area contributed by atoms with Crippen molar-refractivity contribution in [2.45, 2.75) is 12.5 Å². The van der Waals surface area contributed by atoms with E-state index in [4.69, 9.17) is 11.6 Å². The number of benzene rings is 2. The van der Waals surface area contributed by atoms with Gasteiger partial charge in [0.2, 0.25) is 0 Å². The van der Waals surface area contributed by atoms with Crippen molar-refractivity contribution < 1.29 is 18.3 Å². The lowest BCUT2D eigenvalue weighted by atomic mass is 10.0. The standard InChI is InChI=1S/C14H10ClF3O/c15-10-4-2-5-11(16)9(10)7-13(19)8-3-1-6-12(17)14(8)18/h1-6,13,19H,7H2. The quantitative estimate of drug-likeness (QED) is 0.903. The van der Waals surface area contributed by atoms with Crippen LogP contribution in [0.5, 0.6) is 0 Å². The van der Waals surface area contributed by atoms with E-state index in [0.29, 0.717) is 0 Å². The Morgan fingerprint density at radius 2 is 1.63 bits per heavy atom. The molecule has 2 rings (SSSR count). The molecule has 0 fully saturated rings. The third kappa shape index (κ3) is 2.91. The predicted molar refractivity (Wildman–Crippen MR) is 66.4 cm³/mol. The van der Waals surface area contributed by atoms with Crippen molar-refractivity contribution in [3.8, 4) is 0 Å². The molecule has 1 unspecified atom stereocenters. The molecule has 1 atom stereocenters. The minimum Gasteiger partial charge on any atom is -0.388 e. The average Bonchev–Trinajstić information content (AvgIpc) is 2.37. The lowest BCUT2D eigenvalue weighted by molar-refractivity contribution is 0.171. The highest BCUT2D eigenvalue weighted by Crippen LogP contribution is 2.27. The number of aliphatic hydroxyl groups is 1. The first-order valence-corrected chi connectivity index (χ1v) is 5.93.